The quantitative estimate of drug-likeness (QED) is 0.513. The van der Waals surface area contributed by atoms with Crippen molar-refractivity contribution in [2.24, 2.45) is 5.73 Å². The number of hydrogen-bond acceptors (Lipinski definition) is 5. The van der Waals surface area contributed by atoms with E-state index in [2.05, 4.69) is 9.82 Å². The van der Waals surface area contributed by atoms with Crippen molar-refractivity contribution in [3.63, 3.8) is 0 Å². The van der Waals surface area contributed by atoms with E-state index in [1.807, 2.05) is 0 Å². The standard InChI is InChI=1S/C6H5N3O4/c7-5(10)4-2-1-3-8-6(4)13-9(11)12/h1-3H,(H2,7,10). The molecule has 68 valence electrons. The fraction of sp³-hybridized carbons (Fsp3) is 0. The summed E-state index contributed by atoms with van der Waals surface area (Å²) in [6.45, 7) is 0. The molecule has 2 N–H and O–H groups in total. The molecule has 0 aliphatic carbocycles. The van der Waals surface area contributed by atoms with Crippen molar-refractivity contribution in [1.29, 1.82) is 0 Å². The fourth-order valence-electron chi connectivity index (χ4n) is 0.722. The van der Waals surface area contributed by atoms with Gasteiger partial charge in [-0.2, -0.15) is 0 Å². The summed E-state index contributed by atoms with van der Waals surface area (Å²) in [6.07, 6.45) is 1.26. The summed E-state index contributed by atoms with van der Waals surface area (Å²) in [7, 11) is 0. The van der Waals surface area contributed by atoms with Crippen LogP contribution < -0.4 is 10.6 Å². The van der Waals surface area contributed by atoms with Crippen LogP contribution in [0.2, 0.25) is 0 Å². The minimum absolute atomic E-state index is 0.126. The molecule has 1 rings (SSSR count). The molecule has 7 heteroatoms. The lowest BCUT2D eigenvalue weighted by molar-refractivity contribution is -0.712. The third-order valence-corrected chi connectivity index (χ3v) is 1.20. The van der Waals surface area contributed by atoms with E-state index < -0.39 is 16.9 Å². The molecule has 0 fully saturated rings. The van der Waals surface area contributed by atoms with Crippen LogP contribution in [0.3, 0.4) is 0 Å². The molecule has 0 radical (unpaired) electrons. The molecule has 0 bridgehead atoms. The largest absolute Gasteiger partial charge is 0.365 e. The number of pyridine rings is 1. The zero-order valence-corrected chi connectivity index (χ0v) is 6.34. The molecule has 7 nitrogen and oxygen atoms in total. The Bertz CT molecular complexity index is 351. The smallest absolute Gasteiger partial charge is 0.301 e. The van der Waals surface area contributed by atoms with Gasteiger partial charge in [0, 0.05) is 6.20 Å². The Morgan fingerprint density at radius 2 is 2.38 bits per heavy atom. The summed E-state index contributed by atoms with van der Waals surface area (Å²) in [5.74, 6) is -1.23. The predicted molar refractivity (Wildman–Crippen MR) is 40.4 cm³/mol. The lowest BCUT2D eigenvalue weighted by Crippen LogP contribution is -2.15. The van der Waals surface area contributed by atoms with Crippen molar-refractivity contribution in [3.05, 3.63) is 34.0 Å². The van der Waals surface area contributed by atoms with Crippen molar-refractivity contribution in [3.8, 4) is 5.88 Å². The molecule has 1 aromatic rings. The van der Waals surface area contributed by atoms with E-state index in [1.54, 1.807) is 0 Å². The van der Waals surface area contributed by atoms with Crippen LogP contribution in [0.1, 0.15) is 10.4 Å². The van der Waals surface area contributed by atoms with Crippen molar-refractivity contribution in [1.82, 2.24) is 4.98 Å². The predicted octanol–water partition coefficient (Wildman–Crippen LogP) is -0.249. The normalized spacial score (nSPS) is 9.23. The minimum atomic E-state index is -1.06. The molecule has 0 aromatic carbocycles. The molecule has 1 aromatic heterocycles. The highest BCUT2D eigenvalue weighted by molar-refractivity contribution is 5.94. The first-order chi connectivity index (χ1) is 6.11. The van der Waals surface area contributed by atoms with Crippen LogP contribution in [0.5, 0.6) is 5.88 Å². The van der Waals surface area contributed by atoms with Gasteiger partial charge in [-0.3, -0.25) is 9.63 Å². The van der Waals surface area contributed by atoms with Crippen LogP contribution >= 0.6 is 0 Å². The minimum Gasteiger partial charge on any atom is -0.365 e. The maximum absolute atomic E-state index is 10.7. The number of carbonyl (C=O) groups is 1. The Kier molecular flexibility index (Phi) is 2.38. The monoisotopic (exact) mass is 183 g/mol. The topological polar surface area (TPSA) is 108 Å². The summed E-state index contributed by atoms with van der Waals surface area (Å²) in [5, 5.41) is 8.87. The molecule has 0 atom stereocenters. The third kappa shape index (κ3) is 2.12. The zero-order valence-electron chi connectivity index (χ0n) is 6.34. The maximum atomic E-state index is 10.7. The Hall–Kier alpha value is -2.18. The van der Waals surface area contributed by atoms with Crippen LogP contribution in [0.4, 0.5) is 0 Å². The lowest BCUT2D eigenvalue weighted by Gasteiger charge is -2.00. The molecular weight excluding hydrogens is 178 g/mol. The van der Waals surface area contributed by atoms with Crippen LogP contribution in [-0.4, -0.2) is 16.0 Å². The molecule has 1 amide bonds. The first-order valence-corrected chi connectivity index (χ1v) is 3.18. The Balaban J connectivity index is 3.04. The second kappa shape index (κ2) is 3.48. The average Bonchev–Trinajstić information content (AvgIpc) is 2.03. The lowest BCUT2D eigenvalue weighted by atomic mass is 10.2. The van der Waals surface area contributed by atoms with Gasteiger partial charge in [0.25, 0.3) is 5.91 Å². The van der Waals surface area contributed by atoms with Gasteiger partial charge < -0.3 is 5.73 Å². The Labute approximate surface area is 72.2 Å². The second-order valence-electron chi connectivity index (χ2n) is 2.04. The van der Waals surface area contributed by atoms with E-state index in [9.17, 15) is 14.9 Å². The van der Waals surface area contributed by atoms with E-state index in [4.69, 9.17) is 5.73 Å². The van der Waals surface area contributed by atoms with Crippen LogP contribution in [0.15, 0.2) is 18.3 Å². The van der Waals surface area contributed by atoms with Crippen LogP contribution in [0.25, 0.3) is 0 Å². The highest BCUT2D eigenvalue weighted by Gasteiger charge is 2.11. The third-order valence-electron chi connectivity index (χ3n) is 1.20. The van der Waals surface area contributed by atoms with E-state index in [0.717, 1.165) is 0 Å². The number of hydrogen-bond donors (Lipinski definition) is 1. The number of rotatable bonds is 3. The van der Waals surface area contributed by atoms with Gasteiger partial charge in [-0.15, -0.1) is 10.1 Å². The maximum Gasteiger partial charge on any atom is 0.301 e. The Morgan fingerprint density at radius 3 is 2.92 bits per heavy atom. The van der Waals surface area contributed by atoms with E-state index >= 15 is 0 Å². The first kappa shape index (κ1) is 8.91. The summed E-state index contributed by atoms with van der Waals surface area (Å²) < 4.78 is 0. The number of nitrogens with two attached hydrogens (primary N) is 1. The van der Waals surface area contributed by atoms with Crippen LogP contribution in [-0.2, 0) is 0 Å². The van der Waals surface area contributed by atoms with Crippen molar-refractivity contribution < 1.29 is 14.7 Å². The highest BCUT2D eigenvalue weighted by Crippen LogP contribution is 2.12. The molecule has 0 aliphatic heterocycles. The molecular formula is C6H5N3O4. The van der Waals surface area contributed by atoms with Gasteiger partial charge in [0.2, 0.25) is 5.88 Å². The molecule has 0 spiro atoms. The van der Waals surface area contributed by atoms with Gasteiger partial charge in [0.15, 0.2) is 0 Å². The van der Waals surface area contributed by atoms with Gasteiger partial charge in [-0.05, 0) is 12.1 Å². The van der Waals surface area contributed by atoms with Crippen molar-refractivity contribution >= 4 is 5.91 Å². The van der Waals surface area contributed by atoms with Gasteiger partial charge >= 0.3 is 5.09 Å². The van der Waals surface area contributed by atoms with Gasteiger partial charge in [-0.1, -0.05) is 0 Å². The molecule has 1 heterocycles. The molecule has 0 aliphatic rings. The van der Waals surface area contributed by atoms with Crippen molar-refractivity contribution in [2.45, 2.75) is 0 Å². The summed E-state index contributed by atoms with van der Waals surface area (Å²) in [6, 6.07) is 2.71. The SMILES string of the molecule is NC(=O)c1cccnc1O[N+](=O)[O-]. The molecule has 0 unspecified atom stereocenters. The number of primary amides is 1. The molecule has 0 saturated carbocycles. The van der Waals surface area contributed by atoms with Gasteiger partial charge in [-0.25, -0.2) is 4.98 Å². The summed E-state index contributed by atoms with van der Waals surface area (Å²) >= 11 is 0. The van der Waals surface area contributed by atoms with Gasteiger partial charge in [0.1, 0.15) is 0 Å². The second-order valence-corrected chi connectivity index (χ2v) is 2.04. The molecule has 0 saturated heterocycles. The van der Waals surface area contributed by atoms with E-state index in [1.165, 1.54) is 18.3 Å². The van der Waals surface area contributed by atoms with E-state index in [-0.39, 0.29) is 5.56 Å². The highest BCUT2D eigenvalue weighted by atomic mass is 17.0. The fourth-order valence-corrected chi connectivity index (χ4v) is 0.722. The molecule has 13 heavy (non-hydrogen) atoms. The van der Waals surface area contributed by atoms with Gasteiger partial charge in [0.05, 0.1) is 5.56 Å². The Morgan fingerprint density at radius 1 is 1.69 bits per heavy atom. The van der Waals surface area contributed by atoms with E-state index in [0.29, 0.717) is 0 Å². The van der Waals surface area contributed by atoms with Crippen molar-refractivity contribution in [2.75, 3.05) is 0 Å². The number of carbonyl (C=O) groups excluding carboxylic acids is 1. The number of aromatic nitrogens is 1. The summed E-state index contributed by atoms with van der Waals surface area (Å²) in [4.78, 5) is 28.1. The zero-order chi connectivity index (χ0) is 9.84. The number of nitrogens with zero attached hydrogens (tertiary/aromatic N) is 2. The van der Waals surface area contributed by atoms with Crippen LogP contribution in [0, 0.1) is 10.1 Å². The first-order valence-electron chi connectivity index (χ1n) is 3.18. The average molecular weight is 183 g/mol. The number of amides is 1. The summed E-state index contributed by atoms with van der Waals surface area (Å²) in [5.41, 5.74) is 4.78.